The van der Waals surface area contributed by atoms with E-state index in [1.165, 1.54) is 32.1 Å². The molecule has 1 N–H and O–H groups in total. The average molecular weight is 459 g/mol. The van der Waals surface area contributed by atoms with E-state index in [4.69, 9.17) is 44.3 Å². The first-order valence-electron chi connectivity index (χ1n) is 10.3. The number of nitrogens with one attached hydrogen (secondary N) is 1. The molecule has 0 fully saturated rings. The average Bonchev–Trinajstić information content (AvgIpc) is 2.68. The highest BCUT2D eigenvalue weighted by Gasteiger charge is 2.14. The number of ether oxygens (including phenoxy) is 2. The number of unbranched alkanes of at least 4 members (excludes halogenated alkanes) is 4. The van der Waals surface area contributed by atoms with Crippen molar-refractivity contribution in [2.75, 3.05) is 13.2 Å². The van der Waals surface area contributed by atoms with Gasteiger partial charge in [-0.25, -0.2) is 0 Å². The van der Waals surface area contributed by atoms with Crippen LogP contribution in [-0.4, -0.2) is 13.2 Å². The summed E-state index contributed by atoms with van der Waals surface area (Å²) in [6.45, 7) is 6.73. The second-order valence-corrected chi connectivity index (χ2v) is 8.20. The lowest BCUT2D eigenvalue weighted by Gasteiger charge is -2.16. The second-order valence-electron chi connectivity index (χ2n) is 6.95. The molecule has 0 radical (unpaired) electrons. The van der Waals surface area contributed by atoms with Crippen LogP contribution in [0.5, 0.6) is 11.5 Å². The maximum atomic E-state index is 6.51. The fourth-order valence-electron chi connectivity index (χ4n) is 3.00. The van der Waals surface area contributed by atoms with E-state index < -0.39 is 0 Å². The summed E-state index contributed by atoms with van der Waals surface area (Å²) in [6, 6.07) is 9.24. The first-order valence-corrected chi connectivity index (χ1v) is 11.4. The molecule has 0 amide bonds. The molecular weight excluding hydrogens is 429 g/mol. The number of hydrogen-bond acceptors (Lipinski definition) is 3. The van der Waals surface area contributed by atoms with E-state index in [1.807, 2.05) is 25.1 Å². The van der Waals surface area contributed by atoms with Crippen molar-refractivity contribution in [1.82, 2.24) is 5.32 Å². The SMILES string of the molecule is CCCCCCCNCc1cc(Cl)c(OCc2ccc(Cl)cc2Cl)c(OCC)c1. The third kappa shape index (κ3) is 8.25. The van der Waals surface area contributed by atoms with E-state index in [0.29, 0.717) is 33.2 Å². The normalized spacial score (nSPS) is 10.9. The van der Waals surface area contributed by atoms with Gasteiger partial charge >= 0.3 is 0 Å². The van der Waals surface area contributed by atoms with E-state index >= 15 is 0 Å². The van der Waals surface area contributed by atoms with Gasteiger partial charge in [0.1, 0.15) is 6.61 Å². The smallest absolute Gasteiger partial charge is 0.180 e. The van der Waals surface area contributed by atoms with Gasteiger partial charge < -0.3 is 14.8 Å². The van der Waals surface area contributed by atoms with E-state index in [9.17, 15) is 0 Å². The highest BCUT2D eigenvalue weighted by Crippen LogP contribution is 2.37. The zero-order chi connectivity index (χ0) is 21.1. The van der Waals surface area contributed by atoms with E-state index in [0.717, 1.165) is 24.2 Å². The number of halogens is 3. The Morgan fingerprint density at radius 1 is 0.862 bits per heavy atom. The van der Waals surface area contributed by atoms with Crippen molar-refractivity contribution in [1.29, 1.82) is 0 Å². The van der Waals surface area contributed by atoms with Crippen molar-refractivity contribution >= 4 is 34.8 Å². The van der Waals surface area contributed by atoms with E-state index in [-0.39, 0.29) is 6.61 Å². The molecule has 0 aliphatic heterocycles. The number of rotatable bonds is 13. The Bertz CT molecular complexity index is 768. The molecule has 0 spiro atoms. The third-order valence-electron chi connectivity index (χ3n) is 4.54. The summed E-state index contributed by atoms with van der Waals surface area (Å²) in [7, 11) is 0. The van der Waals surface area contributed by atoms with Crippen LogP contribution in [0.4, 0.5) is 0 Å². The minimum absolute atomic E-state index is 0.283. The monoisotopic (exact) mass is 457 g/mol. The second kappa shape index (κ2) is 13.2. The first-order chi connectivity index (χ1) is 14.0. The topological polar surface area (TPSA) is 30.5 Å². The standard InChI is InChI=1S/C23H30Cl3NO2/c1-3-5-6-7-8-11-27-15-17-12-21(26)23(22(13-17)28-4-2)29-16-18-9-10-19(24)14-20(18)25/h9-10,12-14,27H,3-8,11,15-16H2,1-2H3. The van der Waals surface area contributed by atoms with Crippen LogP contribution >= 0.6 is 34.8 Å². The van der Waals surface area contributed by atoms with Gasteiger partial charge in [0.05, 0.1) is 11.6 Å². The summed E-state index contributed by atoms with van der Waals surface area (Å²) in [4.78, 5) is 0. The predicted octanol–water partition coefficient (Wildman–Crippen LogP) is 7.68. The Balaban J connectivity index is 1.97. The van der Waals surface area contributed by atoms with Crippen molar-refractivity contribution in [2.45, 2.75) is 59.1 Å². The Kier molecular flexibility index (Phi) is 11.0. The zero-order valence-electron chi connectivity index (χ0n) is 17.2. The Hall–Kier alpha value is -1.13. The largest absolute Gasteiger partial charge is 0.490 e. The van der Waals surface area contributed by atoms with Crippen LogP contribution < -0.4 is 14.8 Å². The van der Waals surface area contributed by atoms with Gasteiger partial charge in [0, 0.05) is 22.2 Å². The van der Waals surface area contributed by atoms with Gasteiger partial charge in [-0.05, 0) is 49.7 Å². The molecule has 0 unspecified atom stereocenters. The minimum atomic E-state index is 0.283. The van der Waals surface area contributed by atoms with Crippen molar-refractivity contribution in [3.63, 3.8) is 0 Å². The number of benzene rings is 2. The lowest BCUT2D eigenvalue weighted by Crippen LogP contribution is -2.15. The summed E-state index contributed by atoms with van der Waals surface area (Å²) in [5.74, 6) is 1.17. The van der Waals surface area contributed by atoms with Gasteiger partial charge in [0.15, 0.2) is 11.5 Å². The van der Waals surface area contributed by atoms with Crippen LogP contribution in [0.2, 0.25) is 15.1 Å². The molecule has 3 nitrogen and oxygen atoms in total. The van der Waals surface area contributed by atoms with Crippen LogP contribution in [-0.2, 0) is 13.2 Å². The van der Waals surface area contributed by atoms with E-state index in [1.54, 1.807) is 12.1 Å². The lowest BCUT2D eigenvalue weighted by atomic mass is 10.1. The molecule has 160 valence electrons. The molecule has 0 aromatic heterocycles. The maximum Gasteiger partial charge on any atom is 0.180 e. The molecule has 0 atom stereocenters. The van der Waals surface area contributed by atoms with Gasteiger partial charge in [0.25, 0.3) is 0 Å². The molecule has 2 rings (SSSR count). The van der Waals surface area contributed by atoms with Gasteiger partial charge in [-0.2, -0.15) is 0 Å². The molecule has 0 heterocycles. The van der Waals surface area contributed by atoms with Gasteiger partial charge in [-0.3, -0.25) is 0 Å². The van der Waals surface area contributed by atoms with Crippen molar-refractivity contribution in [2.24, 2.45) is 0 Å². The van der Waals surface area contributed by atoms with Crippen LogP contribution in [0, 0.1) is 0 Å². The number of hydrogen-bond donors (Lipinski definition) is 1. The highest BCUT2D eigenvalue weighted by atomic mass is 35.5. The highest BCUT2D eigenvalue weighted by molar-refractivity contribution is 6.35. The molecule has 0 saturated carbocycles. The Morgan fingerprint density at radius 3 is 2.38 bits per heavy atom. The molecule has 2 aromatic carbocycles. The molecule has 0 bridgehead atoms. The fraction of sp³-hybridized carbons (Fsp3) is 0.478. The molecule has 6 heteroatoms. The zero-order valence-corrected chi connectivity index (χ0v) is 19.5. The summed E-state index contributed by atoms with van der Waals surface area (Å²) < 4.78 is 11.7. The summed E-state index contributed by atoms with van der Waals surface area (Å²) in [5.41, 5.74) is 1.91. The molecule has 2 aromatic rings. The van der Waals surface area contributed by atoms with Crippen molar-refractivity contribution in [3.8, 4) is 11.5 Å². The van der Waals surface area contributed by atoms with Crippen LogP contribution in [0.3, 0.4) is 0 Å². The quantitative estimate of drug-likeness (QED) is 0.312. The summed E-state index contributed by atoms with van der Waals surface area (Å²) in [5, 5.41) is 5.16. The Morgan fingerprint density at radius 2 is 1.66 bits per heavy atom. The minimum Gasteiger partial charge on any atom is -0.490 e. The predicted molar refractivity (Wildman–Crippen MR) is 124 cm³/mol. The van der Waals surface area contributed by atoms with Crippen LogP contribution in [0.15, 0.2) is 30.3 Å². The van der Waals surface area contributed by atoms with Gasteiger partial charge in [-0.15, -0.1) is 0 Å². The maximum absolute atomic E-state index is 6.51. The van der Waals surface area contributed by atoms with Gasteiger partial charge in [-0.1, -0.05) is 73.5 Å². The van der Waals surface area contributed by atoms with Crippen molar-refractivity contribution < 1.29 is 9.47 Å². The first kappa shape index (κ1) is 24.1. The molecule has 0 aliphatic carbocycles. The third-order valence-corrected chi connectivity index (χ3v) is 5.41. The fourth-order valence-corrected chi connectivity index (χ4v) is 3.75. The van der Waals surface area contributed by atoms with Crippen LogP contribution in [0.1, 0.15) is 57.1 Å². The van der Waals surface area contributed by atoms with E-state index in [2.05, 4.69) is 12.2 Å². The molecule has 29 heavy (non-hydrogen) atoms. The summed E-state index contributed by atoms with van der Waals surface area (Å²) in [6.07, 6.45) is 6.35. The van der Waals surface area contributed by atoms with Crippen LogP contribution in [0.25, 0.3) is 0 Å². The van der Waals surface area contributed by atoms with Crippen molar-refractivity contribution in [3.05, 3.63) is 56.5 Å². The van der Waals surface area contributed by atoms with Gasteiger partial charge in [0.2, 0.25) is 0 Å². The molecule has 0 aliphatic rings. The molecular formula is C23H30Cl3NO2. The molecule has 0 saturated heterocycles. The Labute approximate surface area is 189 Å². The lowest BCUT2D eigenvalue weighted by molar-refractivity contribution is 0.269. The summed E-state index contributed by atoms with van der Waals surface area (Å²) >= 11 is 18.7.